The van der Waals surface area contributed by atoms with Crippen LogP contribution in [-0.2, 0) is 24.3 Å². The van der Waals surface area contributed by atoms with Gasteiger partial charge in [0.05, 0.1) is 23.8 Å². The summed E-state index contributed by atoms with van der Waals surface area (Å²) in [6.45, 7) is 2.29. The average Bonchev–Trinajstić information content (AvgIpc) is 2.89. The number of ether oxygens (including phenoxy) is 2. The van der Waals surface area contributed by atoms with E-state index < -0.39 is 10.0 Å². The van der Waals surface area contributed by atoms with E-state index in [2.05, 4.69) is 17.3 Å². The van der Waals surface area contributed by atoms with E-state index in [0.717, 1.165) is 13.0 Å². The number of hydrogen-bond donors (Lipinski definition) is 1. The van der Waals surface area contributed by atoms with Crippen LogP contribution in [-0.4, -0.2) is 95.1 Å². The van der Waals surface area contributed by atoms with Crippen molar-refractivity contribution < 1.29 is 27.5 Å². The highest BCUT2D eigenvalue weighted by molar-refractivity contribution is 7.89. The van der Waals surface area contributed by atoms with Crippen LogP contribution in [0, 0.1) is 0 Å². The molecule has 2 aliphatic heterocycles. The zero-order valence-electron chi connectivity index (χ0n) is 20.4. The second-order valence-corrected chi connectivity index (χ2v) is 11.3. The Morgan fingerprint density at radius 1 is 1.17 bits per heavy atom. The molecule has 4 rings (SSSR count). The molecule has 35 heavy (non-hydrogen) atoms. The van der Waals surface area contributed by atoms with Crippen LogP contribution in [0.3, 0.4) is 0 Å². The number of nitrogens with zero attached hydrogens (tertiary/aromatic N) is 3. The SMILES string of the molecule is CN(CCCNC(=O)CN1C(=O)COc2ccc(S(=O)(=O)N3CCOCC3)cc21)C1CCCCC1. The number of carbonyl (C=O) groups excluding carboxylic acids is 2. The fourth-order valence-electron chi connectivity index (χ4n) is 4.91. The number of amides is 2. The highest BCUT2D eigenvalue weighted by Crippen LogP contribution is 2.35. The minimum Gasteiger partial charge on any atom is -0.482 e. The van der Waals surface area contributed by atoms with Crippen LogP contribution in [0.25, 0.3) is 0 Å². The Morgan fingerprint density at radius 3 is 2.66 bits per heavy atom. The number of morpholine rings is 1. The van der Waals surface area contributed by atoms with E-state index in [-0.39, 0.29) is 43.0 Å². The smallest absolute Gasteiger partial charge is 0.265 e. The number of anilines is 1. The summed E-state index contributed by atoms with van der Waals surface area (Å²) >= 11 is 0. The Kier molecular flexibility index (Phi) is 8.64. The van der Waals surface area contributed by atoms with E-state index in [0.29, 0.717) is 37.2 Å². The first-order valence-corrected chi connectivity index (χ1v) is 13.9. The third-order valence-corrected chi connectivity index (χ3v) is 8.89. The van der Waals surface area contributed by atoms with Crippen molar-refractivity contribution in [2.24, 2.45) is 0 Å². The lowest BCUT2D eigenvalue weighted by molar-refractivity contribution is -0.125. The first-order valence-electron chi connectivity index (χ1n) is 12.5. The molecule has 11 heteroatoms. The molecule has 1 saturated carbocycles. The summed E-state index contributed by atoms with van der Waals surface area (Å²) in [7, 11) is -1.60. The number of hydrogen-bond acceptors (Lipinski definition) is 7. The van der Waals surface area contributed by atoms with Gasteiger partial charge < -0.3 is 19.7 Å². The van der Waals surface area contributed by atoms with Gasteiger partial charge in [-0.3, -0.25) is 14.5 Å². The van der Waals surface area contributed by atoms with Gasteiger partial charge in [0.15, 0.2) is 6.61 Å². The maximum Gasteiger partial charge on any atom is 0.265 e. The van der Waals surface area contributed by atoms with Crippen LogP contribution in [0.15, 0.2) is 23.1 Å². The summed E-state index contributed by atoms with van der Waals surface area (Å²) in [5.74, 6) is -0.286. The largest absolute Gasteiger partial charge is 0.482 e. The van der Waals surface area contributed by atoms with E-state index >= 15 is 0 Å². The number of nitrogens with one attached hydrogen (secondary N) is 1. The Morgan fingerprint density at radius 2 is 1.91 bits per heavy atom. The predicted molar refractivity (Wildman–Crippen MR) is 131 cm³/mol. The van der Waals surface area contributed by atoms with Gasteiger partial charge in [-0.25, -0.2) is 8.42 Å². The standard InChI is InChI=1S/C24H36N4O6S/c1-26(19-6-3-2-4-7-19)11-5-10-25-23(29)17-28-21-16-20(8-9-22(21)34-18-24(28)30)35(31,32)27-12-14-33-15-13-27/h8-9,16,19H,2-7,10-15,17-18H2,1H3,(H,25,29). The Hall–Kier alpha value is -2.21. The second-order valence-electron chi connectivity index (χ2n) is 9.39. The lowest BCUT2D eigenvalue weighted by Gasteiger charge is -2.31. The molecular weight excluding hydrogens is 472 g/mol. The molecule has 1 aliphatic carbocycles. The summed E-state index contributed by atoms with van der Waals surface area (Å²) in [5, 5.41) is 2.90. The van der Waals surface area contributed by atoms with Gasteiger partial charge in [-0.1, -0.05) is 19.3 Å². The van der Waals surface area contributed by atoms with Gasteiger partial charge in [-0.15, -0.1) is 0 Å². The molecule has 194 valence electrons. The fourth-order valence-corrected chi connectivity index (χ4v) is 6.34. The molecule has 2 amide bonds. The Bertz CT molecular complexity index is 1010. The molecule has 1 saturated heterocycles. The molecule has 0 aromatic heterocycles. The molecule has 0 atom stereocenters. The molecular formula is C24H36N4O6S. The zero-order chi connectivity index (χ0) is 24.8. The number of carbonyl (C=O) groups is 2. The third-order valence-electron chi connectivity index (χ3n) is 6.99. The molecule has 2 heterocycles. The predicted octanol–water partition coefficient (Wildman–Crippen LogP) is 1.20. The van der Waals surface area contributed by atoms with Gasteiger partial charge in [0.25, 0.3) is 5.91 Å². The summed E-state index contributed by atoms with van der Waals surface area (Å²) in [6, 6.07) is 5.07. The van der Waals surface area contributed by atoms with Crippen LogP contribution in [0.4, 0.5) is 5.69 Å². The number of benzene rings is 1. The van der Waals surface area contributed by atoms with Gasteiger partial charge >= 0.3 is 0 Å². The van der Waals surface area contributed by atoms with E-state index in [1.807, 2.05) is 0 Å². The molecule has 0 spiro atoms. The number of fused-ring (bicyclic) bond motifs is 1. The molecule has 0 unspecified atom stereocenters. The van der Waals surface area contributed by atoms with Crippen LogP contribution in [0.5, 0.6) is 5.75 Å². The summed E-state index contributed by atoms with van der Waals surface area (Å²) < 4.78 is 38.2. The van der Waals surface area contributed by atoms with Gasteiger partial charge in [0.2, 0.25) is 15.9 Å². The average molecular weight is 509 g/mol. The second kappa shape index (κ2) is 11.7. The van der Waals surface area contributed by atoms with Crippen molar-refractivity contribution >= 4 is 27.5 Å². The van der Waals surface area contributed by atoms with Crippen molar-refractivity contribution in [1.82, 2.24) is 14.5 Å². The molecule has 1 aromatic rings. The first kappa shape index (κ1) is 25.9. The van der Waals surface area contributed by atoms with Crippen LogP contribution >= 0.6 is 0 Å². The molecule has 1 aromatic carbocycles. The van der Waals surface area contributed by atoms with Crippen LogP contribution < -0.4 is 15.0 Å². The van der Waals surface area contributed by atoms with Crippen molar-refractivity contribution in [3.05, 3.63) is 18.2 Å². The van der Waals surface area contributed by atoms with Crippen molar-refractivity contribution in [2.45, 2.75) is 49.5 Å². The summed E-state index contributed by atoms with van der Waals surface area (Å²) in [4.78, 5) is 29.0. The van der Waals surface area contributed by atoms with Gasteiger partial charge in [0, 0.05) is 25.7 Å². The Balaban J connectivity index is 1.35. The lowest BCUT2D eigenvalue weighted by Crippen LogP contribution is -2.45. The van der Waals surface area contributed by atoms with Crippen LogP contribution in [0.1, 0.15) is 38.5 Å². The molecule has 1 N–H and O–H groups in total. The molecule has 0 radical (unpaired) electrons. The normalized spacial score (nSPS) is 19.9. The third kappa shape index (κ3) is 6.32. The number of sulfonamides is 1. The zero-order valence-corrected chi connectivity index (χ0v) is 21.2. The van der Waals surface area contributed by atoms with E-state index in [4.69, 9.17) is 9.47 Å². The monoisotopic (exact) mass is 508 g/mol. The molecule has 2 fully saturated rings. The quantitative estimate of drug-likeness (QED) is 0.500. The van der Waals surface area contributed by atoms with Gasteiger partial charge in [0.1, 0.15) is 12.3 Å². The van der Waals surface area contributed by atoms with Crippen LogP contribution in [0.2, 0.25) is 0 Å². The van der Waals surface area contributed by atoms with Crippen molar-refractivity contribution in [2.75, 3.05) is 64.5 Å². The lowest BCUT2D eigenvalue weighted by atomic mass is 9.94. The first-order chi connectivity index (χ1) is 16.9. The number of rotatable bonds is 9. The molecule has 10 nitrogen and oxygen atoms in total. The molecule has 0 bridgehead atoms. The van der Waals surface area contributed by atoms with Gasteiger partial charge in [-0.2, -0.15) is 4.31 Å². The van der Waals surface area contributed by atoms with E-state index in [9.17, 15) is 18.0 Å². The summed E-state index contributed by atoms with van der Waals surface area (Å²) in [6.07, 6.45) is 7.21. The maximum absolute atomic E-state index is 13.1. The molecule has 3 aliphatic rings. The van der Waals surface area contributed by atoms with E-state index in [1.54, 1.807) is 6.07 Å². The highest BCUT2D eigenvalue weighted by atomic mass is 32.2. The van der Waals surface area contributed by atoms with Crippen molar-refractivity contribution in [3.8, 4) is 5.75 Å². The van der Waals surface area contributed by atoms with Crippen molar-refractivity contribution in [1.29, 1.82) is 0 Å². The van der Waals surface area contributed by atoms with E-state index in [1.165, 1.54) is 53.4 Å². The minimum atomic E-state index is -3.75. The van der Waals surface area contributed by atoms with Crippen molar-refractivity contribution in [3.63, 3.8) is 0 Å². The topological polar surface area (TPSA) is 108 Å². The van der Waals surface area contributed by atoms with Gasteiger partial charge in [-0.05, 0) is 51.1 Å². The minimum absolute atomic E-state index is 0.0626. The highest BCUT2D eigenvalue weighted by Gasteiger charge is 2.32. The fraction of sp³-hybridized carbons (Fsp3) is 0.667. The Labute approximate surface area is 207 Å². The summed E-state index contributed by atoms with van der Waals surface area (Å²) in [5.41, 5.74) is 0.294. The maximum atomic E-state index is 13.1.